The van der Waals surface area contributed by atoms with Crippen molar-refractivity contribution in [2.75, 3.05) is 0 Å². The molecule has 0 atom stereocenters. The average Bonchev–Trinajstić information content (AvgIpc) is 2.53. The standard InChI is InChI=1S/C10H18.C2H4O2.C2H6/c1-9(2)8-4-6-10(9,3)7-5-8;1-2(3)4;1-2/h8H,4-7H2,1-3H3;1H3,(H,3,4);1-2H3. The maximum Gasteiger partial charge on any atom is 0.300 e. The van der Waals surface area contributed by atoms with Crippen LogP contribution in [0.5, 0.6) is 0 Å². The highest BCUT2D eigenvalue weighted by Crippen LogP contribution is 2.65. The van der Waals surface area contributed by atoms with Gasteiger partial charge in [0, 0.05) is 6.92 Å². The van der Waals surface area contributed by atoms with Crippen LogP contribution in [0.4, 0.5) is 0 Å². The highest BCUT2D eigenvalue weighted by Gasteiger charge is 2.55. The Bertz CT molecular complexity index is 216. The summed E-state index contributed by atoms with van der Waals surface area (Å²) in [5, 5.41) is 7.42. The topological polar surface area (TPSA) is 37.3 Å². The fourth-order valence-electron chi connectivity index (χ4n) is 3.11. The van der Waals surface area contributed by atoms with Gasteiger partial charge in [-0.25, -0.2) is 0 Å². The van der Waals surface area contributed by atoms with Crippen LogP contribution in [0.15, 0.2) is 0 Å². The number of carboxylic acid groups (broad SMARTS) is 1. The molecule has 2 rings (SSSR count). The van der Waals surface area contributed by atoms with E-state index in [0.29, 0.717) is 10.8 Å². The molecular weight excluding hydrogens is 200 g/mol. The van der Waals surface area contributed by atoms with Crippen molar-refractivity contribution < 1.29 is 9.90 Å². The van der Waals surface area contributed by atoms with E-state index in [9.17, 15) is 0 Å². The van der Waals surface area contributed by atoms with Gasteiger partial charge in [0.1, 0.15) is 0 Å². The van der Waals surface area contributed by atoms with Crippen molar-refractivity contribution >= 4 is 5.97 Å². The zero-order valence-electron chi connectivity index (χ0n) is 11.8. The molecule has 2 nitrogen and oxygen atoms in total. The normalized spacial score (nSPS) is 33.2. The Labute approximate surface area is 100 Å². The maximum absolute atomic E-state index is 9.00. The van der Waals surface area contributed by atoms with Crippen LogP contribution in [0.25, 0.3) is 0 Å². The van der Waals surface area contributed by atoms with Crippen LogP contribution in [0.3, 0.4) is 0 Å². The number of aliphatic carboxylic acids is 1. The molecule has 1 N–H and O–H groups in total. The molecule has 2 heteroatoms. The summed E-state index contributed by atoms with van der Waals surface area (Å²) in [6.45, 7) is 12.5. The van der Waals surface area contributed by atoms with Crippen molar-refractivity contribution in [1.29, 1.82) is 0 Å². The Morgan fingerprint density at radius 1 is 1.12 bits per heavy atom. The summed E-state index contributed by atoms with van der Waals surface area (Å²) in [6, 6.07) is 0. The first-order chi connectivity index (χ1) is 7.29. The smallest absolute Gasteiger partial charge is 0.300 e. The second kappa shape index (κ2) is 5.70. The minimum Gasteiger partial charge on any atom is -0.481 e. The summed E-state index contributed by atoms with van der Waals surface area (Å²) in [6.07, 6.45) is 5.99. The second-order valence-corrected chi connectivity index (χ2v) is 5.58. The molecule has 0 heterocycles. The molecule has 0 spiro atoms. The lowest BCUT2D eigenvalue weighted by Gasteiger charge is -2.34. The minimum atomic E-state index is -0.833. The van der Waals surface area contributed by atoms with Crippen molar-refractivity contribution in [3.05, 3.63) is 0 Å². The van der Waals surface area contributed by atoms with Crippen molar-refractivity contribution in [3.63, 3.8) is 0 Å². The number of rotatable bonds is 0. The first kappa shape index (κ1) is 15.5. The highest BCUT2D eigenvalue weighted by molar-refractivity contribution is 5.62. The average molecular weight is 228 g/mol. The second-order valence-electron chi connectivity index (χ2n) is 5.58. The van der Waals surface area contributed by atoms with E-state index >= 15 is 0 Å². The van der Waals surface area contributed by atoms with Gasteiger partial charge in [-0.1, -0.05) is 34.6 Å². The van der Waals surface area contributed by atoms with Gasteiger partial charge in [0.15, 0.2) is 0 Å². The van der Waals surface area contributed by atoms with Crippen molar-refractivity contribution in [1.82, 2.24) is 0 Å². The molecule has 0 aromatic rings. The molecule has 0 radical (unpaired) electrons. The van der Waals surface area contributed by atoms with Gasteiger partial charge in [-0.15, -0.1) is 0 Å². The number of carboxylic acids is 1. The van der Waals surface area contributed by atoms with Crippen LogP contribution < -0.4 is 0 Å². The summed E-state index contributed by atoms with van der Waals surface area (Å²) in [5.74, 6) is 0.220. The lowest BCUT2D eigenvalue weighted by molar-refractivity contribution is -0.134. The van der Waals surface area contributed by atoms with E-state index in [-0.39, 0.29) is 0 Å². The monoisotopic (exact) mass is 228 g/mol. The zero-order valence-corrected chi connectivity index (χ0v) is 11.8. The van der Waals surface area contributed by atoms with Crippen LogP contribution in [-0.2, 0) is 4.79 Å². The Balaban J connectivity index is 0.000000323. The van der Waals surface area contributed by atoms with Crippen LogP contribution >= 0.6 is 0 Å². The molecule has 0 aromatic heterocycles. The fraction of sp³-hybridized carbons (Fsp3) is 0.929. The number of fused-ring (bicyclic) bond motifs is 2. The van der Waals surface area contributed by atoms with Gasteiger partial charge in [-0.05, 0) is 42.4 Å². The fourth-order valence-corrected chi connectivity index (χ4v) is 3.11. The quantitative estimate of drug-likeness (QED) is 0.669. The molecule has 96 valence electrons. The van der Waals surface area contributed by atoms with E-state index in [0.717, 1.165) is 12.8 Å². The van der Waals surface area contributed by atoms with Crippen LogP contribution in [0.1, 0.15) is 67.2 Å². The van der Waals surface area contributed by atoms with Gasteiger partial charge >= 0.3 is 0 Å². The zero-order chi connectivity index (χ0) is 13.0. The van der Waals surface area contributed by atoms with Gasteiger partial charge in [0.25, 0.3) is 5.97 Å². The van der Waals surface area contributed by atoms with Gasteiger partial charge in [0.2, 0.25) is 0 Å². The third-order valence-corrected chi connectivity index (χ3v) is 4.67. The number of hydrogen-bond donors (Lipinski definition) is 1. The molecule has 0 amide bonds. The molecule has 0 aliphatic heterocycles. The third kappa shape index (κ3) is 2.99. The van der Waals surface area contributed by atoms with Crippen molar-refractivity contribution in [2.45, 2.75) is 67.2 Å². The predicted molar refractivity (Wildman–Crippen MR) is 68.5 cm³/mol. The molecule has 0 aromatic carbocycles. The van der Waals surface area contributed by atoms with E-state index < -0.39 is 5.97 Å². The summed E-state index contributed by atoms with van der Waals surface area (Å²) >= 11 is 0. The van der Waals surface area contributed by atoms with Gasteiger partial charge in [0.05, 0.1) is 0 Å². The Kier molecular flexibility index (Phi) is 5.51. The molecular formula is C14H28O2. The van der Waals surface area contributed by atoms with E-state index in [1.165, 1.54) is 25.7 Å². The molecule has 0 unspecified atom stereocenters. The van der Waals surface area contributed by atoms with E-state index in [2.05, 4.69) is 20.8 Å². The maximum atomic E-state index is 9.00. The number of carbonyl (C=O) groups is 1. The molecule has 2 fully saturated rings. The first-order valence-corrected chi connectivity index (χ1v) is 6.49. The summed E-state index contributed by atoms with van der Waals surface area (Å²) in [4.78, 5) is 9.00. The summed E-state index contributed by atoms with van der Waals surface area (Å²) < 4.78 is 0. The van der Waals surface area contributed by atoms with Crippen LogP contribution in [-0.4, -0.2) is 11.1 Å². The van der Waals surface area contributed by atoms with E-state index in [1.54, 1.807) is 0 Å². The molecule has 2 aliphatic rings. The van der Waals surface area contributed by atoms with E-state index in [1.807, 2.05) is 13.8 Å². The van der Waals surface area contributed by atoms with Crippen LogP contribution in [0.2, 0.25) is 0 Å². The Morgan fingerprint density at radius 3 is 1.50 bits per heavy atom. The largest absolute Gasteiger partial charge is 0.481 e. The summed E-state index contributed by atoms with van der Waals surface area (Å²) in [7, 11) is 0. The molecule has 2 bridgehead atoms. The number of hydrogen-bond acceptors (Lipinski definition) is 1. The molecule has 2 aliphatic carbocycles. The van der Waals surface area contributed by atoms with E-state index in [4.69, 9.17) is 9.90 Å². The third-order valence-electron chi connectivity index (χ3n) is 4.67. The van der Waals surface area contributed by atoms with Crippen molar-refractivity contribution in [3.8, 4) is 0 Å². The highest BCUT2D eigenvalue weighted by atomic mass is 16.4. The lowest BCUT2D eigenvalue weighted by Crippen LogP contribution is -2.26. The minimum absolute atomic E-state index is 0.660. The van der Waals surface area contributed by atoms with Crippen LogP contribution in [0, 0.1) is 16.7 Å². The van der Waals surface area contributed by atoms with Gasteiger partial charge in [-0.2, -0.15) is 0 Å². The Morgan fingerprint density at radius 2 is 1.44 bits per heavy atom. The molecule has 16 heavy (non-hydrogen) atoms. The van der Waals surface area contributed by atoms with Gasteiger partial charge < -0.3 is 5.11 Å². The Hall–Kier alpha value is -0.530. The first-order valence-electron chi connectivity index (χ1n) is 6.49. The molecule has 2 saturated carbocycles. The summed E-state index contributed by atoms with van der Waals surface area (Å²) in [5.41, 5.74) is 1.37. The predicted octanol–water partition coefficient (Wildman–Crippen LogP) is 4.34. The lowest BCUT2D eigenvalue weighted by atomic mass is 9.71. The van der Waals surface area contributed by atoms with Crippen molar-refractivity contribution in [2.24, 2.45) is 16.7 Å². The van der Waals surface area contributed by atoms with Gasteiger partial charge in [-0.3, -0.25) is 4.79 Å². The molecule has 0 saturated heterocycles. The SMILES string of the molecule is CC.CC(=O)O.CC12CCC(CC1)C2(C)C.